The highest BCUT2D eigenvalue weighted by atomic mass is 15.3. The Morgan fingerprint density at radius 2 is 2.28 bits per heavy atom. The first-order valence-electron chi connectivity index (χ1n) is 5.63. The smallest absolute Gasteiger partial charge is 0.101 e. The molecular formula is C13H15N5. The lowest BCUT2D eigenvalue weighted by Crippen LogP contribution is -2.03. The van der Waals surface area contributed by atoms with E-state index >= 15 is 0 Å². The molecule has 2 rings (SSSR count). The van der Waals surface area contributed by atoms with Crippen LogP contribution in [-0.2, 0) is 13.6 Å². The molecule has 1 aromatic heterocycles. The Hall–Kier alpha value is -2.48. The third-order valence-corrected chi connectivity index (χ3v) is 2.97. The van der Waals surface area contributed by atoms with Crippen LogP contribution in [0.4, 0.5) is 11.4 Å². The first-order chi connectivity index (χ1) is 8.61. The van der Waals surface area contributed by atoms with E-state index in [1.165, 1.54) is 0 Å². The van der Waals surface area contributed by atoms with Crippen molar-refractivity contribution in [2.45, 2.75) is 13.5 Å². The van der Waals surface area contributed by atoms with Gasteiger partial charge in [0, 0.05) is 30.5 Å². The third-order valence-electron chi connectivity index (χ3n) is 2.97. The largest absolute Gasteiger partial charge is 0.399 e. The first-order valence-corrected chi connectivity index (χ1v) is 5.63. The molecule has 0 aliphatic rings. The number of nitrogens with two attached hydrogens (primary N) is 1. The minimum atomic E-state index is 0.552. The summed E-state index contributed by atoms with van der Waals surface area (Å²) in [5, 5.41) is 16.4. The normalized spacial score (nSPS) is 10.1. The standard InChI is InChI=1S/C13H15N5/c1-9-11(8-17-18(9)2)7-16-13-4-3-12(15)5-10(13)6-14/h3-5,8,16H,7,15H2,1-2H3. The number of nitrogen functional groups attached to an aromatic ring is 1. The van der Waals surface area contributed by atoms with Gasteiger partial charge in [0.05, 0.1) is 17.4 Å². The predicted molar refractivity (Wildman–Crippen MR) is 70.8 cm³/mol. The molecule has 2 aromatic rings. The highest BCUT2D eigenvalue weighted by molar-refractivity contribution is 5.63. The van der Waals surface area contributed by atoms with E-state index in [9.17, 15) is 0 Å². The van der Waals surface area contributed by atoms with Gasteiger partial charge in [-0.3, -0.25) is 4.68 Å². The van der Waals surface area contributed by atoms with Gasteiger partial charge in [-0.25, -0.2) is 0 Å². The maximum absolute atomic E-state index is 9.04. The average Bonchev–Trinajstić information content (AvgIpc) is 2.68. The molecule has 0 aliphatic heterocycles. The van der Waals surface area contributed by atoms with Crippen LogP contribution in [-0.4, -0.2) is 9.78 Å². The number of hydrogen-bond donors (Lipinski definition) is 2. The Balaban J connectivity index is 2.16. The summed E-state index contributed by atoms with van der Waals surface area (Å²) in [6.45, 7) is 2.65. The minimum absolute atomic E-state index is 0.552. The van der Waals surface area contributed by atoms with E-state index in [2.05, 4.69) is 16.5 Å². The molecule has 0 bridgehead atoms. The molecule has 92 valence electrons. The van der Waals surface area contributed by atoms with Crippen LogP contribution in [0.25, 0.3) is 0 Å². The zero-order chi connectivity index (χ0) is 13.1. The molecule has 5 heteroatoms. The van der Waals surface area contributed by atoms with Crippen LogP contribution in [0.2, 0.25) is 0 Å². The topological polar surface area (TPSA) is 79.7 Å². The number of nitrogens with one attached hydrogen (secondary N) is 1. The van der Waals surface area contributed by atoms with E-state index < -0.39 is 0 Å². The summed E-state index contributed by atoms with van der Waals surface area (Å²) in [7, 11) is 1.91. The molecule has 0 fully saturated rings. The molecule has 1 heterocycles. The van der Waals surface area contributed by atoms with Gasteiger partial charge in [-0.05, 0) is 25.1 Å². The van der Waals surface area contributed by atoms with E-state index in [4.69, 9.17) is 11.0 Å². The zero-order valence-corrected chi connectivity index (χ0v) is 10.4. The fourth-order valence-electron chi connectivity index (χ4n) is 1.72. The van der Waals surface area contributed by atoms with Crippen molar-refractivity contribution in [3.05, 3.63) is 41.2 Å². The highest BCUT2D eigenvalue weighted by Crippen LogP contribution is 2.19. The van der Waals surface area contributed by atoms with E-state index in [1.54, 1.807) is 12.1 Å². The van der Waals surface area contributed by atoms with Crippen LogP contribution in [0.3, 0.4) is 0 Å². The number of nitriles is 1. The van der Waals surface area contributed by atoms with Gasteiger partial charge in [0.2, 0.25) is 0 Å². The number of nitrogens with zero attached hydrogens (tertiary/aromatic N) is 3. The average molecular weight is 241 g/mol. The van der Waals surface area contributed by atoms with E-state index in [-0.39, 0.29) is 0 Å². The van der Waals surface area contributed by atoms with Gasteiger partial charge < -0.3 is 11.1 Å². The first kappa shape index (κ1) is 12.0. The summed E-state index contributed by atoms with van der Waals surface area (Å²) in [6.07, 6.45) is 1.83. The zero-order valence-electron chi connectivity index (χ0n) is 10.4. The van der Waals surface area contributed by atoms with Crippen molar-refractivity contribution < 1.29 is 0 Å². The fourth-order valence-corrected chi connectivity index (χ4v) is 1.72. The van der Waals surface area contributed by atoms with Gasteiger partial charge in [0.15, 0.2) is 0 Å². The van der Waals surface area contributed by atoms with Crippen LogP contribution >= 0.6 is 0 Å². The predicted octanol–water partition coefficient (Wildman–Crippen LogP) is 1.79. The monoisotopic (exact) mass is 241 g/mol. The van der Waals surface area contributed by atoms with Gasteiger partial charge in [-0.1, -0.05) is 0 Å². The lowest BCUT2D eigenvalue weighted by atomic mass is 10.1. The molecule has 3 N–H and O–H groups in total. The lowest BCUT2D eigenvalue weighted by Gasteiger charge is -2.08. The molecule has 0 unspecified atom stereocenters. The maximum Gasteiger partial charge on any atom is 0.101 e. The van der Waals surface area contributed by atoms with E-state index in [0.717, 1.165) is 16.9 Å². The quantitative estimate of drug-likeness (QED) is 0.803. The summed E-state index contributed by atoms with van der Waals surface area (Å²) in [5.41, 5.74) is 9.79. The second-order valence-corrected chi connectivity index (χ2v) is 4.15. The number of aryl methyl sites for hydroxylation is 1. The molecule has 18 heavy (non-hydrogen) atoms. The molecule has 0 saturated heterocycles. The molecule has 0 saturated carbocycles. The van der Waals surface area contributed by atoms with Gasteiger partial charge >= 0.3 is 0 Å². The number of aromatic nitrogens is 2. The summed E-state index contributed by atoms with van der Waals surface area (Å²) in [4.78, 5) is 0. The summed E-state index contributed by atoms with van der Waals surface area (Å²) in [6, 6.07) is 7.39. The van der Waals surface area contributed by atoms with Gasteiger partial charge in [-0.15, -0.1) is 0 Å². The second kappa shape index (κ2) is 4.80. The number of anilines is 2. The van der Waals surface area contributed by atoms with Crippen LogP contribution in [0, 0.1) is 18.3 Å². The molecule has 0 radical (unpaired) electrons. The molecule has 0 aliphatic carbocycles. The molecule has 0 atom stereocenters. The van der Waals surface area contributed by atoms with Crippen molar-refractivity contribution in [1.29, 1.82) is 5.26 Å². The van der Waals surface area contributed by atoms with Crippen molar-refractivity contribution in [3.8, 4) is 6.07 Å². The van der Waals surface area contributed by atoms with Crippen molar-refractivity contribution in [1.82, 2.24) is 9.78 Å². The highest BCUT2D eigenvalue weighted by Gasteiger charge is 2.06. The Morgan fingerprint density at radius 3 is 2.89 bits per heavy atom. The maximum atomic E-state index is 9.04. The molecule has 5 nitrogen and oxygen atoms in total. The summed E-state index contributed by atoms with van der Waals surface area (Å²) < 4.78 is 1.82. The fraction of sp³-hybridized carbons (Fsp3) is 0.231. The minimum Gasteiger partial charge on any atom is -0.399 e. The number of rotatable bonds is 3. The van der Waals surface area contributed by atoms with Gasteiger partial charge in [-0.2, -0.15) is 10.4 Å². The molecule has 0 spiro atoms. The molecule has 0 amide bonds. The second-order valence-electron chi connectivity index (χ2n) is 4.15. The van der Waals surface area contributed by atoms with Crippen LogP contribution in [0.5, 0.6) is 0 Å². The van der Waals surface area contributed by atoms with Gasteiger partial charge in [0.1, 0.15) is 6.07 Å². The van der Waals surface area contributed by atoms with Crippen LogP contribution in [0.15, 0.2) is 24.4 Å². The Morgan fingerprint density at radius 1 is 1.50 bits per heavy atom. The number of hydrogen-bond acceptors (Lipinski definition) is 4. The lowest BCUT2D eigenvalue weighted by molar-refractivity contribution is 0.738. The SMILES string of the molecule is Cc1c(CNc2ccc(N)cc2C#N)cnn1C. The Labute approximate surface area is 106 Å². The molecular weight excluding hydrogens is 226 g/mol. The van der Waals surface area contributed by atoms with Crippen molar-refractivity contribution >= 4 is 11.4 Å². The Kier molecular flexibility index (Phi) is 3.20. The van der Waals surface area contributed by atoms with Crippen molar-refractivity contribution in [2.24, 2.45) is 7.05 Å². The van der Waals surface area contributed by atoms with E-state index in [1.807, 2.05) is 30.9 Å². The summed E-state index contributed by atoms with van der Waals surface area (Å²) in [5.74, 6) is 0. The number of benzene rings is 1. The van der Waals surface area contributed by atoms with Crippen LogP contribution < -0.4 is 11.1 Å². The Bertz CT molecular complexity index is 606. The van der Waals surface area contributed by atoms with Gasteiger partial charge in [0.25, 0.3) is 0 Å². The van der Waals surface area contributed by atoms with Crippen molar-refractivity contribution in [2.75, 3.05) is 11.1 Å². The van der Waals surface area contributed by atoms with E-state index in [0.29, 0.717) is 17.8 Å². The van der Waals surface area contributed by atoms with Crippen molar-refractivity contribution in [3.63, 3.8) is 0 Å². The van der Waals surface area contributed by atoms with Crippen LogP contribution in [0.1, 0.15) is 16.8 Å². The molecule has 1 aromatic carbocycles. The third kappa shape index (κ3) is 2.28. The summed E-state index contributed by atoms with van der Waals surface area (Å²) >= 11 is 0.